The molecule has 1 aliphatic heterocycles. The van der Waals surface area contributed by atoms with Crippen molar-refractivity contribution in [1.29, 1.82) is 0 Å². The predicted molar refractivity (Wildman–Crippen MR) is 71.4 cm³/mol. The molecule has 1 aliphatic rings. The Labute approximate surface area is 108 Å². The highest BCUT2D eigenvalue weighted by Crippen LogP contribution is 2.23. The van der Waals surface area contributed by atoms with Gasteiger partial charge in [-0.1, -0.05) is 25.8 Å². The third kappa shape index (κ3) is 3.03. The Balaban J connectivity index is 1.95. The van der Waals surface area contributed by atoms with E-state index in [2.05, 4.69) is 6.92 Å². The number of phenolic OH excluding ortho intramolecular Hbond substituents is 1. The lowest BCUT2D eigenvalue weighted by Gasteiger charge is -2.29. The van der Waals surface area contributed by atoms with Crippen LogP contribution in [0.2, 0.25) is 0 Å². The number of carbonyl (C=O) groups is 1. The van der Waals surface area contributed by atoms with E-state index < -0.39 is 0 Å². The number of unbranched alkanes of at least 4 members (excludes halogenated alkanes) is 2. The molecule has 2 rings (SSSR count). The predicted octanol–water partition coefficient (Wildman–Crippen LogP) is 2.86. The number of rotatable bonds is 4. The summed E-state index contributed by atoms with van der Waals surface area (Å²) in [5, 5.41) is 9.43. The van der Waals surface area contributed by atoms with Gasteiger partial charge in [0, 0.05) is 19.5 Å². The quantitative estimate of drug-likeness (QED) is 0.831. The lowest BCUT2D eigenvalue weighted by molar-refractivity contribution is -0.132. The third-order valence-corrected chi connectivity index (χ3v) is 3.55. The maximum atomic E-state index is 12.0. The van der Waals surface area contributed by atoms with E-state index in [4.69, 9.17) is 0 Å². The third-order valence-electron chi connectivity index (χ3n) is 3.55. The highest BCUT2D eigenvalue weighted by Gasteiger charge is 2.20. The van der Waals surface area contributed by atoms with E-state index in [1.54, 1.807) is 6.07 Å². The Morgan fingerprint density at radius 2 is 2.17 bits per heavy atom. The van der Waals surface area contributed by atoms with Gasteiger partial charge in [-0.2, -0.15) is 0 Å². The first-order valence-corrected chi connectivity index (χ1v) is 6.79. The largest absolute Gasteiger partial charge is 0.508 e. The van der Waals surface area contributed by atoms with Gasteiger partial charge in [0.1, 0.15) is 5.75 Å². The van der Waals surface area contributed by atoms with Gasteiger partial charge in [0.05, 0.1) is 0 Å². The second-order valence-electron chi connectivity index (χ2n) is 4.98. The van der Waals surface area contributed by atoms with Crippen LogP contribution < -0.4 is 0 Å². The Morgan fingerprint density at radius 1 is 1.33 bits per heavy atom. The molecule has 3 heteroatoms. The van der Waals surface area contributed by atoms with Crippen LogP contribution in [0.25, 0.3) is 0 Å². The standard InChI is InChI=1S/C15H21NO2/c1-2-3-4-5-15(18)16-9-8-12-10-14(17)7-6-13(12)11-16/h6-7,10,17H,2-5,8-9,11H2,1H3. The second kappa shape index (κ2) is 5.89. The molecular formula is C15H21NO2. The van der Waals surface area contributed by atoms with E-state index >= 15 is 0 Å². The number of hydrogen-bond donors (Lipinski definition) is 1. The number of nitrogens with zero attached hydrogens (tertiary/aromatic N) is 1. The van der Waals surface area contributed by atoms with Crippen LogP contribution in [-0.2, 0) is 17.8 Å². The zero-order valence-electron chi connectivity index (χ0n) is 11.0. The molecule has 98 valence electrons. The fourth-order valence-electron chi connectivity index (χ4n) is 2.44. The number of carbonyl (C=O) groups excluding carboxylic acids is 1. The van der Waals surface area contributed by atoms with Gasteiger partial charge in [0.2, 0.25) is 5.91 Å². The highest BCUT2D eigenvalue weighted by molar-refractivity contribution is 5.76. The molecule has 1 heterocycles. The van der Waals surface area contributed by atoms with Crippen LogP contribution in [-0.4, -0.2) is 22.5 Å². The Morgan fingerprint density at radius 3 is 2.94 bits per heavy atom. The number of phenols is 1. The van der Waals surface area contributed by atoms with Crippen molar-refractivity contribution in [1.82, 2.24) is 4.90 Å². The average Bonchev–Trinajstić information content (AvgIpc) is 2.38. The minimum Gasteiger partial charge on any atom is -0.508 e. The molecule has 3 nitrogen and oxygen atoms in total. The Kier molecular flexibility index (Phi) is 4.24. The summed E-state index contributed by atoms with van der Waals surface area (Å²) in [6.07, 6.45) is 4.79. The molecule has 1 aromatic carbocycles. The molecule has 0 radical (unpaired) electrons. The molecule has 1 N–H and O–H groups in total. The highest BCUT2D eigenvalue weighted by atomic mass is 16.3. The topological polar surface area (TPSA) is 40.5 Å². The Hall–Kier alpha value is -1.51. The van der Waals surface area contributed by atoms with Crippen LogP contribution in [0.3, 0.4) is 0 Å². The summed E-state index contributed by atoms with van der Waals surface area (Å²) in [5.41, 5.74) is 2.34. The van der Waals surface area contributed by atoms with Crippen LogP contribution >= 0.6 is 0 Å². The van der Waals surface area contributed by atoms with Crippen LogP contribution in [0.1, 0.15) is 43.7 Å². The molecule has 0 aromatic heterocycles. The molecule has 0 spiro atoms. The van der Waals surface area contributed by atoms with Crippen molar-refractivity contribution in [3.05, 3.63) is 29.3 Å². The summed E-state index contributed by atoms with van der Waals surface area (Å²) in [6, 6.07) is 5.44. The lowest BCUT2D eigenvalue weighted by Crippen LogP contribution is -2.35. The van der Waals surface area contributed by atoms with Crippen molar-refractivity contribution >= 4 is 5.91 Å². The first-order chi connectivity index (χ1) is 8.70. The second-order valence-corrected chi connectivity index (χ2v) is 4.98. The van der Waals surface area contributed by atoms with Crippen LogP contribution in [0, 0.1) is 0 Å². The normalized spacial score (nSPS) is 14.4. The summed E-state index contributed by atoms with van der Waals surface area (Å²) in [6.45, 7) is 3.62. The van der Waals surface area contributed by atoms with Gasteiger partial charge in [-0.15, -0.1) is 0 Å². The molecule has 1 amide bonds. The van der Waals surface area contributed by atoms with E-state index in [-0.39, 0.29) is 5.91 Å². The van der Waals surface area contributed by atoms with Crippen molar-refractivity contribution in [2.24, 2.45) is 0 Å². The van der Waals surface area contributed by atoms with Crippen molar-refractivity contribution in [3.63, 3.8) is 0 Å². The molecule has 0 bridgehead atoms. The van der Waals surface area contributed by atoms with Gasteiger partial charge in [0.15, 0.2) is 0 Å². The zero-order valence-corrected chi connectivity index (χ0v) is 11.0. The minimum absolute atomic E-state index is 0.266. The Bertz CT molecular complexity index is 429. The van der Waals surface area contributed by atoms with Gasteiger partial charge < -0.3 is 10.0 Å². The zero-order chi connectivity index (χ0) is 13.0. The maximum Gasteiger partial charge on any atom is 0.222 e. The van der Waals surface area contributed by atoms with Crippen molar-refractivity contribution in [3.8, 4) is 5.75 Å². The van der Waals surface area contributed by atoms with Crippen molar-refractivity contribution in [2.75, 3.05) is 6.54 Å². The molecule has 1 aromatic rings. The molecule has 0 saturated carbocycles. The van der Waals surface area contributed by atoms with E-state index in [1.165, 1.54) is 11.1 Å². The summed E-state index contributed by atoms with van der Waals surface area (Å²) in [4.78, 5) is 14.0. The van der Waals surface area contributed by atoms with Gasteiger partial charge in [-0.3, -0.25) is 4.79 Å². The first-order valence-electron chi connectivity index (χ1n) is 6.79. The minimum atomic E-state index is 0.266. The number of amides is 1. The van der Waals surface area contributed by atoms with Crippen molar-refractivity contribution < 1.29 is 9.90 Å². The SMILES string of the molecule is CCCCCC(=O)N1CCc2cc(O)ccc2C1. The fraction of sp³-hybridized carbons (Fsp3) is 0.533. The number of benzene rings is 1. The maximum absolute atomic E-state index is 12.0. The van der Waals surface area contributed by atoms with Crippen molar-refractivity contribution in [2.45, 2.75) is 45.6 Å². The fourth-order valence-corrected chi connectivity index (χ4v) is 2.44. The van der Waals surface area contributed by atoms with Gasteiger partial charge in [-0.05, 0) is 36.1 Å². The van der Waals surface area contributed by atoms with E-state index in [9.17, 15) is 9.90 Å². The summed E-state index contributed by atoms with van der Waals surface area (Å²) < 4.78 is 0. The van der Waals surface area contributed by atoms with Gasteiger partial charge in [-0.25, -0.2) is 0 Å². The number of aromatic hydroxyl groups is 1. The molecule has 0 atom stereocenters. The summed E-state index contributed by atoms with van der Waals surface area (Å²) in [7, 11) is 0. The average molecular weight is 247 g/mol. The monoisotopic (exact) mass is 247 g/mol. The molecule has 0 unspecified atom stereocenters. The van der Waals surface area contributed by atoms with Crippen LogP contribution in [0.15, 0.2) is 18.2 Å². The first kappa shape index (κ1) is 12.9. The molecule has 0 saturated heterocycles. The summed E-state index contributed by atoms with van der Waals surface area (Å²) >= 11 is 0. The lowest BCUT2D eigenvalue weighted by atomic mass is 9.99. The van der Waals surface area contributed by atoms with E-state index in [0.717, 1.165) is 32.2 Å². The molecule has 0 fully saturated rings. The molecule has 18 heavy (non-hydrogen) atoms. The molecular weight excluding hydrogens is 226 g/mol. The number of hydrogen-bond acceptors (Lipinski definition) is 2. The van der Waals surface area contributed by atoms with Crippen LogP contribution in [0.5, 0.6) is 5.75 Å². The van der Waals surface area contributed by atoms with Gasteiger partial charge in [0.25, 0.3) is 0 Å². The van der Waals surface area contributed by atoms with E-state index in [1.807, 2.05) is 17.0 Å². The smallest absolute Gasteiger partial charge is 0.222 e. The molecule has 0 aliphatic carbocycles. The van der Waals surface area contributed by atoms with Crippen LogP contribution in [0.4, 0.5) is 0 Å². The van der Waals surface area contributed by atoms with Gasteiger partial charge >= 0.3 is 0 Å². The number of fused-ring (bicyclic) bond motifs is 1. The summed E-state index contributed by atoms with van der Waals surface area (Å²) in [5.74, 6) is 0.582. The van der Waals surface area contributed by atoms with E-state index in [0.29, 0.717) is 18.7 Å².